The molecule has 0 aromatic heterocycles. The van der Waals surface area contributed by atoms with Crippen molar-refractivity contribution in [2.45, 2.75) is 12.2 Å². The van der Waals surface area contributed by atoms with E-state index in [-0.39, 0.29) is 11.7 Å². The van der Waals surface area contributed by atoms with E-state index in [4.69, 9.17) is 13.7 Å². The number of rotatable bonds is 6. The highest BCUT2D eigenvalue weighted by Crippen LogP contribution is 2.30. The van der Waals surface area contributed by atoms with Gasteiger partial charge in [-0.15, -0.1) is 0 Å². The summed E-state index contributed by atoms with van der Waals surface area (Å²) in [4.78, 5) is 11.1. The Bertz CT molecular complexity index is 855. The molecule has 1 saturated heterocycles. The van der Waals surface area contributed by atoms with Crippen LogP contribution in [0.25, 0.3) is 0 Å². The van der Waals surface area contributed by atoms with Crippen molar-refractivity contribution >= 4 is 16.1 Å². The van der Waals surface area contributed by atoms with E-state index in [0.29, 0.717) is 13.2 Å². The highest BCUT2D eigenvalue weighted by Gasteiger charge is 2.25. The average Bonchev–Trinajstić information content (AvgIpc) is 2.68. The molecule has 0 saturated carbocycles. The normalized spacial score (nSPS) is 20.0. The molecule has 3 rings (SSSR count). The first-order valence-electron chi connectivity index (χ1n) is 8.34. The molecule has 0 atom stereocenters. The molecule has 1 fully saturated rings. The van der Waals surface area contributed by atoms with Crippen molar-refractivity contribution in [3.63, 3.8) is 0 Å². The first kappa shape index (κ1) is 19.3. The van der Waals surface area contributed by atoms with Crippen LogP contribution in [0, 0.1) is 0 Å². The van der Waals surface area contributed by atoms with Crippen molar-refractivity contribution in [3.8, 4) is 5.75 Å². The van der Waals surface area contributed by atoms with E-state index in [1.54, 1.807) is 12.1 Å². The van der Waals surface area contributed by atoms with Crippen LogP contribution in [0.5, 0.6) is 5.75 Å². The van der Waals surface area contributed by atoms with Gasteiger partial charge < -0.3 is 18.4 Å². The number of hydrogen-bond acceptors (Lipinski definition) is 7. The Labute approximate surface area is 157 Å². The third kappa shape index (κ3) is 5.29. The van der Waals surface area contributed by atoms with Crippen LogP contribution >= 0.6 is 0 Å². The van der Waals surface area contributed by atoms with Crippen molar-refractivity contribution in [1.82, 2.24) is 0 Å². The lowest BCUT2D eigenvalue weighted by atomic mass is 10.0. The molecular weight excluding hydrogens is 372 g/mol. The molecule has 0 aliphatic carbocycles. The second kappa shape index (κ2) is 8.51. The van der Waals surface area contributed by atoms with Crippen LogP contribution in [0.3, 0.4) is 0 Å². The van der Waals surface area contributed by atoms with Gasteiger partial charge >= 0.3 is 16.1 Å². The summed E-state index contributed by atoms with van der Waals surface area (Å²) in [7, 11) is -2.95. The zero-order valence-corrected chi connectivity index (χ0v) is 15.6. The summed E-state index contributed by atoms with van der Waals surface area (Å²) < 4.78 is 44.3. The van der Waals surface area contributed by atoms with Crippen molar-refractivity contribution in [1.29, 1.82) is 0 Å². The molecule has 1 heterocycles. The van der Waals surface area contributed by atoms with Crippen molar-refractivity contribution in [3.05, 3.63) is 65.7 Å². The summed E-state index contributed by atoms with van der Waals surface area (Å²) in [5.41, 5.74) is 1.91. The van der Waals surface area contributed by atoms with E-state index in [0.717, 1.165) is 18.2 Å². The fourth-order valence-electron chi connectivity index (χ4n) is 2.67. The molecule has 0 bridgehead atoms. The molecule has 0 N–H and O–H groups in total. The smallest absolute Gasteiger partial charge is 0.324 e. The molecule has 27 heavy (non-hydrogen) atoms. The largest absolute Gasteiger partial charge is 0.468 e. The Hall–Kier alpha value is -2.42. The van der Waals surface area contributed by atoms with Gasteiger partial charge in [0.05, 0.1) is 20.3 Å². The zero-order valence-electron chi connectivity index (χ0n) is 14.7. The molecule has 1 aliphatic heterocycles. The molecule has 8 heteroatoms. The van der Waals surface area contributed by atoms with Crippen LogP contribution in [0.2, 0.25) is 0 Å². The number of carbonyl (C=O) groups excluding carboxylic acids is 1. The minimum absolute atomic E-state index is 0.0978. The van der Waals surface area contributed by atoms with E-state index >= 15 is 0 Å². The lowest BCUT2D eigenvalue weighted by Gasteiger charge is -2.30. The molecule has 1 aliphatic rings. The van der Waals surface area contributed by atoms with Crippen LogP contribution in [0.1, 0.15) is 23.3 Å². The number of carbonyl (C=O) groups is 1. The Balaban J connectivity index is 1.57. The SMILES string of the molecule is COC(=O)CS(=O)(=O)Oc1ccc(C2OCC(c3ccccc3)CO2)cc1. The average molecular weight is 392 g/mol. The van der Waals surface area contributed by atoms with E-state index in [2.05, 4.69) is 4.74 Å². The summed E-state index contributed by atoms with van der Waals surface area (Å²) in [6, 6.07) is 16.3. The maximum Gasteiger partial charge on any atom is 0.324 e. The Morgan fingerprint density at radius 1 is 1.00 bits per heavy atom. The topological polar surface area (TPSA) is 88.1 Å². The lowest BCUT2D eigenvalue weighted by Crippen LogP contribution is -2.25. The highest BCUT2D eigenvalue weighted by atomic mass is 32.2. The maximum absolute atomic E-state index is 11.8. The molecule has 2 aromatic rings. The summed E-state index contributed by atoms with van der Waals surface area (Å²) in [5, 5.41) is 0. The summed E-state index contributed by atoms with van der Waals surface area (Å²) >= 11 is 0. The molecule has 0 radical (unpaired) electrons. The van der Waals surface area contributed by atoms with Gasteiger partial charge in [0.2, 0.25) is 0 Å². The predicted octanol–water partition coefficient (Wildman–Crippen LogP) is 2.40. The zero-order chi connectivity index (χ0) is 19.3. The van der Waals surface area contributed by atoms with Crippen LogP contribution in [0.4, 0.5) is 0 Å². The number of ether oxygens (including phenoxy) is 3. The molecule has 0 amide bonds. The molecule has 7 nitrogen and oxygen atoms in total. The van der Waals surface area contributed by atoms with Gasteiger partial charge in [0, 0.05) is 11.5 Å². The monoisotopic (exact) mass is 392 g/mol. The van der Waals surface area contributed by atoms with Gasteiger partial charge in [0.1, 0.15) is 5.75 Å². The van der Waals surface area contributed by atoms with Gasteiger partial charge in [-0.3, -0.25) is 4.79 Å². The third-order valence-corrected chi connectivity index (χ3v) is 5.10. The summed E-state index contributed by atoms with van der Waals surface area (Å²) in [5.74, 6) is -1.46. The number of methoxy groups -OCH3 is 1. The standard InChI is InChI=1S/C19H20O7S/c1-23-18(20)13-27(21,22)26-17-9-7-15(8-10-17)19-24-11-16(12-25-19)14-5-3-2-4-6-14/h2-10,16,19H,11-13H2,1H3. The molecule has 0 unspecified atom stereocenters. The summed E-state index contributed by atoms with van der Waals surface area (Å²) in [6.45, 7) is 1.06. The van der Waals surface area contributed by atoms with Gasteiger partial charge in [-0.05, 0) is 17.7 Å². The minimum atomic E-state index is -4.06. The number of benzene rings is 2. The van der Waals surface area contributed by atoms with Crippen molar-refractivity contribution in [2.24, 2.45) is 0 Å². The third-order valence-electron chi connectivity index (χ3n) is 4.07. The number of hydrogen-bond donors (Lipinski definition) is 0. The van der Waals surface area contributed by atoms with E-state index in [1.165, 1.54) is 12.1 Å². The Kier molecular flexibility index (Phi) is 6.10. The van der Waals surface area contributed by atoms with Crippen LogP contribution < -0.4 is 4.18 Å². The maximum atomic E-state index is 11.8. The van der Waals surface area contributed by atoms with E-state index < -0.39 is 28.1 Å². The second-order valence-corrected chi connectivity index (χ2v) is 7.61. The van der Waals surface area contributed by atoms with Crippen LogP contribution in [-0.2, 0) is 29.1 Å². The second-order valence-electron chi connectivity index (χ2n) is 6.04. The first-order chi connectivity index (χ1) is 13.0. The fourth-order valence-corrected chi connectivity index (χ4v) is 3.54. The molecule has 2 aromatic carbocycles. The van der Waals surface area contributed by atoms with Gasteiger partial charge in [-0.2, -0.15) is 8.42 Å². The molecule has 144 valence electrons. The van der Waals surface area contributed by atoms with Crippen molar-refractivity contribution in [2.75, 3.05) is 26.1 Å². The van der Waals surface area contributed by atoms with Gasteiger partial charge in [-0.1, -0.05) is 42.5 Å². The van der Waals surface area contributed by atoms with Crippen LogP contribution in [0.15, 0.2) is 54.6 Å². The lowest BCUT2D eigenvalue weighted by molar-refractivity contribution is -0.191. The van der Waals surface area contributed by atoms with Gasteiger partial charge in [0.15, 0.2) is 12.0 Å². The minimum Gasteiger partial charge on any atom is -0.468 e. The predicted molar refractivity (Wildman–Crippen MR) is 96.7 cm³/mol. The number of esters is 1. The van der Waals surface area contributed by atoms with E-state index in [9.17, 15) is 13.2 Å². The highest BCUT2D eigenvalue weighted by molar-refractivity contribution is 7.87. The van der Waals surface area contributed by atoms with Gasteiger partial charge in [0.25, 0.3) is 0 Å². The van der Waals surface area contributed by atoms with Crippen LogP contribution in [-0.4, -0.2) is 40.5 Å². The fraction of sp³-hybridized carbons (Fsp3) is 0.316. The first-order valence-corrected chi connectivity index (χ1v) is 9.91. The Morgan fingerprint density at radius 3 is 2.22 bits per heavy atom. The van der Waals surface area contributed by atoms with Gasteiger partial charge in [-0.25, -0.2) is 0 Å². The Morgan fingerprint density at radius 2 is 1.63 bits per heavy atom. The quantitative estimate of drug-likeness (QED) is 0.551. The summed E-state index contributed by atoms with van der Waals surface area (Å²) in [6.07, 6.45) is -0.523. The van der Waals surface area contributed by atoms with Crippen molar-refractivity contribution < 1.29 is 31.6 Å². The van der Waals surface area contributed by atoms with E-state index in [1.807, 2.05) is 30.3 Å². The molecular formula is C19H20O7S. The molecule has 0 spiro atoms.